The first-order valence-corrected chi connectivity index (χ1v) is 5.00. The van der Waals surface area contributed by atoms with E-state index in [0.29, 0.717) is 6.04 Å². The van der Waals surface area contributed by atoms with Crippen LogP contribution in [0, 0.1) is 6.92 Å². The molecule has 0 aliphatic rings. The zero-order chi connectivity index (χ0) is 9.23. The summed E-state index contributed by atoms with van der Waals surface area (Å²) >= 11 is 0. The monoisotopic (exact) mass is 171 g/mol. The molecule has 0 atom stereocenters. The summed E-state index contributed by atoms with van der Waals surface area (Å²) in [6, 6.07) is 0.623. The van der Waals surface area contributed by atoms with Gasteiger partial charge in [0.15, 0.2) is 0 Å². The number of rotatable bonds is 8. The molecule has 0 fully saturated rings. The fraction of sp³-hybridized carbons (Fsp3) is 0.900. The molecule has 0 saturated carbocycles. The lowest BCUT2D eigenvalue weighted by atomic mass is 10.3. The molecule has 2 N–H and O–H groups in total. The van der Waals surface area contributed by atoms with E-state index in [1.54, 1.807) is 0 Å². The molecule has 0 aliphatic heterocycles. The minimum absolute atomic E-state index is 0.623. The van der Waals surface area contributed by atoms with E-state index in [4.69, 9.17) is 0 Å². The molecule has 0 aromatic rings. The normalized spacial score (nSPS) is 11.0. The highest BCUT2D eigenvalue weighted by Gasteiger charge is 1.91. The van der Waals surface area contributed by atoms with Crippen LogP contribution >= 0.6 is 0 Å². The van der Waals surface area contributed by atoms with E-state index in [1.165, 1.54) is 12.8 Å². The Morgan fingerprint density at radius 3 is 2.33 bits per heavy atom. The topological polar surface area (TPSA) is 24.1 Å². The third-order valence-electron chi connectivity index (χ3n) is 1.69. The summed E-state index contributed by atoms with van der Waals surface area (Å²) in [6.07, 6.45) is 3.52. The van der Waals surface area contributed by atoms with Crippen LogP contribution < -0.4 is 10.6 Å². The van der Waals surface area contributed by atoms with Crippen LogP contribution in [0.3, 0.4) is 0 Å². The van der Waals surface area contributed by atoms with Crippen molar-refractivity contribution in [3.05, 3.63) is 6.92 Å². The second-order valence-electron chi connectivity index (χ2n) is 3.42. The van der Waals surface area contributed by atoms with Crippen LogP contribution in [0.2, 0.25) is 0 Å². The predicted molar refractivity (Wildman–Crippen MR) is 55.2 cm³/mol. The van der Waals surface area contributed by atoms with E-state index in [9.17, 15) is 0 Å². The molecule has 0 rings (SSSR count). The Hall–Kier alpha value is -0.0800. The van der Waals surface area contributed by atoms with Crippen LogP contribution in [-0.4, -0.2) is 25.7 Å². The zero-order valence-corrected chi connectivity index (χ0v) is 8.53. The molecule has 0 bridgehead atoms. The van der Waals surface area contributed by atoms with Crippen molar-refractivity contribution in [2.75, 3.05) is 19.6 Å². The maximum atomic E-state index is 3.77. The van der Waals surface area contributed by atoms with Gasteiger partial charge in [0.2, 0.25) is 0 Å². The van der Waals surface area contributed by atoms with E-state index in [1.807, 2.05) is 0 Å². The van der Waals surface area contributed by atoms with Gasteiger partial charge in [0.25, 0.3) is 0 Å². The molecule has 1 radical (unpaired) electrons. The van der Waals surface area contributed by atoms with Crippen molar-refractivity contribution >= 4 is 0 Å². The zero-order valence-electron chi connectivity index (χ0n) is 8.53. The summed E-state index contributed by atoms with van der Waals surface area (Å²) in [6.45, 7) is 11.5. The maximum Gasteiger partial charge on any atom is 0.00103 e. The lowest BCUT2D eigenvalue weighted by Crippen LogP contribution is -2.24. The summed E-state index contributed by atoms with van der Waals surface area (Å²) in [5, 5.41) is 6.73. The van der Waals surface area contributed by atoms with E-state index in [-0.39, 0.29) is 0 Å². The third kappa shape index (κ3) is 9.92. The van der Waals surface area contributed by atoms with Gasteiger partial charge < -0.3 is 10.6 Å². The highest BCUT2D eigenvalue weighted by atomic mass is 14.9. The maximum absolute atomic E-state index is 3.77. The molecule has 2 nitrogen and oxygen atoms in total. The number of unbranched alkanes of at least 4 members (excludes halogenated alkanes) is 1. The van der Waals surface area contributed by atoms with E-state index in [0.717, 1.165) is 26.1 Å². The molecule has 73 valence electrons. The lowest BCUT2D eigenvalue weighted by Gasteiger charge is -2.07. The van der Waals surface area contributed by atoms with E-state index < -0.39 is 0 Å². The molecular weight excluding hydrogens is 148 g/mol. The molecule has 0 aromatic carbocycles. The Labute approximate surface area is 77.1 Å². The van der Waals surface area contributed by atoms with Crippen molar-refractivity contribution in [2.24, 2.45) is 0 Å². The molecule has 0 aromatic heterocycles. The predicted octanol–water partition coefficient (Wildman–Crippen LogP) is 1.58. The Kier molecular flexibility index (Phi) is 8.95. The highest BCUT2D eigenvalue weighted by molar-refractivity contribution is 4.54. The first-order valence-electron chi connectivity index (χ1n) is 5.00. The van der Waals surface area contributed by atoms with Gasteiger partial charge in [-0.3, -0.25) is 0 Å². The van der Waals surface area contributed by atoms with Gasteiger partial charge in [0.05, 0.1) is 0 Å². The quantitative estimate of drug-likeness (QED) is 0.542. The molecule has 0 spiro atoms. The Morgan fingerprint density at radius 1 is 1.08 bits per heavy atom. The Morgan fingerprint density at radius 2 is 1.75 bits per heavy atom. The summed E-state index contributed by atoms with van der Waals surface area (Å²) in [5.41, 5.74) is 0. The number of hydrogen-bond acceptors (Lipinski definition) is 2. The first-order chi connectivity index (χ1) is 5.77. The Balaban J connectivity index is 2.82. The molecular formula is C10H23N2. The molecule has 0 unspecified atom stereocenters. The molecule has 0 aliphatic carbocycles. The highest BCUT2D eigenvalue weighted by Crippen LogP contribution is 1.86. The number of nitrogens with one attached hydrogen (secondary N) is 2. The average molecular weight is 171 g/mol. The van der Waals surface area contributed by atoms with Gasteiger partial charge >= 0.3 is 0 Å². The van der Waals surface area contributed by atoms with E-state index >= 15 is 0 Å². The minimum Gasteiger partial charge on any atom is -0.317 e. The van der Waals surface area contributed by atoms with Crippen molar-refractivity contribution in [2.45, 2.75) is 39.2 Å². The van der Waals surface area contributed by atoms with Crippen LogP contribution in [0.25, 0.3) is 0 Å². The average Bonchev–Trinajstić information content (AvgIpc) is 2.02. The van der Waals surface area contributed by atoms with Crippen molar-refractivity contribution in [1.82, 2.24) is 10.6 Å². The van der Waals surface area contributed by atoms with Crippen LogP contribution in [0.1, 0.15) is 33.1 Å². The van der Waals surface area contributed by atoms with Crippen LogP contribution in [0.4, 0.5) is 0 Å². The van der Waals surface area contributed by atoms with Gasteiger partial charge in [-0.2, -0.15) is 0 Å². The summed E-state index contributed by atoms with van der Waals surface area (Å²) in [5.74, 6) is 0. The first kappa shape index (κ1) is 11.9. The van der Waals surface area contributed by atoms with Crippen LogP contribution in [0.5, 0.6) is 0 Å². The smallest absolute Gasteiger partial charge is 0.00103 e. The molecule has 0 saturated heterocycles. The summed E-state index contributed by atoms with van der Waals surface area (Å²) in [7, 11) is 0. The third-order valence-corrected chi connectivity index (χ3v) is 1.69. The summed E-state index contributed by atoms with van der Waals surface area (Å²) < 4.78 is 0. The van der Waals surface area contributed by atoms with Gasteiger partial charge in [-0.05, 0) is 38.9 Å². The van der Waals surface area contributed by atoms with Crippen molar-refractivity contribution < 1.29 is 0 Å². The second kappa shape index (κ2) is 9.01. The van der Waals surface area contributed by atoms with Crippen LogP contribution in [0.15, 0.2) is 0 Å². The fourth-order valence-corrected chi connectivity index (χ4v) is 1.02. The van der Waals surface area contributed by atoms with Gasteiger partial charge in [-0.25, -0.2) is 0 Å². The lowest BCUT2D eigenvalue weighted by molar-refractivity contribution is 0.542. The van der Waals surface area contributed by atoms with Gasteiger partial charge in [-0.1, -0.05) is 20.8 Å². The largest absolute Gasteiger partial charge is 0.317 e. The van der Waals surface area contributed by atoms with Gasteiger partial charge in [0.1, 0.15) is 0 Å². The number of hydrogen-bond donors (Lipinski definition) is 2. The Bertz CT molecular complexity index is 81.9. The van der Waals surface area contributed by atoms with Gasteiger partial charge in [0, 0.05) is 6.04 Å². The van der Waals surface area contributed by atoms with Crippen LogP contribution in [-0.2, 0) is 0 Å². The van der Waals surface area contributed by atoms with Gasteiger partial charge in [-0.15, -0.1) is 0 Å². The molecule has 0 heterocycles. The molecule has 12 heavy (non-hydrogen) atoms. The second-order valence-corrected chi connectivity index (χ2v) is 3.42. The summed E-state index contributed by atoms with van der Waals surface area (Å²) in [4.78, 5) is 0. The van der Waals surface area contributed by atoms with Crippen molar-refractivity contribution in [3.8, 4) is 0 Å². The van der Waals surface area contributed by atoms with Crippen molar-refractivity contribution in [3.63, 3.8) is 0 Å². The van der Waals surface area contributed by atoms with E-state index in [2.05, 4.69) is 31.4 Å². The fourth-order valence-electron chi connectivity index (χ4n) is 1.02. The molecule has 2 heteroatoms. The standard InChI is InChI=1S/C10H23N2/c1-4-7-11-8-5-6-9-12-10(2)3/h10-12H,1,4-9H2,2-3H3. The minimum atomic E-state index is 0.623. The molecule has 0 amide bonds. The SMILES string of the molecule is [CH2]CCNCCCCNC(C)C. The van der Waals surface area contributed by atoms with Crippen molar-refractivity contribution in [1.29, 1.82) is 0 Å².